The van der Waals surface area contributed by atoms with Crippen LogP contribution in [0.15, 0.2) is 119 Å². The molecule has 4 aromatic rings. The number of nitrogens with one attached hydrogen (secondary N) is 1. The Balaban J connectivity index is 1.77. The molecule has 0 aliphatic carbocycles. The average molecular weight is 665 g/mol. The number of benzene rings is 4. The molecular formula is C33H34BrN3O5S. The minimum atomic E-state index is -4.16. The van der Waals surface area contributed by atoms with E-state index < -0.39 is 28.5 Å². The van der Waals surface area contributed by atoms with Crippen LogP contribution >= 0.6 is 15.9 Å². The van der Waals surface area contributed by atoms with Crippen LogP contribution in [0.3, 0.4) is 0 Å². The van der Waals surface area contributed by atoms with Crippen molar-refractivity contribution in [3.8, 4) is 5.75 Å². The van der Waals surface area contributed by atoms with Crippen molar-refractivity contribution in [2.75, 3.05) is 24.5 Å². The van der Waals surface area contributed by atoms with Crippen molar-refractivity contribution < 1.29 is 22.7 Å². The van der Waals surface area contributed by atoms with E-state index in [2.05, 4.69) is 21.2 Å². The molecule has 224 valence electrons. The molecule has 0 fully saturated rings. The van der Waals surface area contributed by atoms with Gasteiger partial charge in [0.2, 0.25) is 11.8 Å². The molecule has 0 saturated heterocycles. The van der Waals surface area contributed by atoms with Crippen molar-refractivity contribution in [3.05, 3.63) is 125 Å². The van der Waals surface area contributed by atoms with Crippen LogP contribution in [-0.2, 0) is 32.6 Å². The van der Waals surface area contributed by atoms with Crippen molar-refractivity contribution in [2.24, 2.45) is 0 Å². The molecule has 0 saturated carbocycles. The Hall–Kier alpha value is -4.15. The molecule has 8 nitrogen and oxygen atoms in total. The van der Waals surface area contributed by atoms with Gasteiger partial charge in [-0.15, -0.1) is 0 Å². The van der Waals surface area contributed by atoms with Crippen LogP contribution in [-0.4, -0.2) is 51.4 Å². The van der Waals surface area contributed by atoms with E-state index in [9.17, 15) is 18.0 Å². The summed E-state index contributed by atoms with van der Waals surface area (Å²) in [4.78, 5) is 29.1. The maximum absolute atomic E-state index is 14.3. The van der Waals surface area contributed by atoms with Gasteiger partial charge in [0.05, 0.1) is 17.2 Å². The lowest BCUT2D eigenvalue weighted by molar-refractivity contribution is -0.139. The minimum Gasteiger partial charge on any atom is -0.494 e. The second-order valence-electron chi connectivity index (χ2n) is 9.72. The number of likely N-dealkylation sites (N-methyl/N-ethyl adjacent to an activating group) is 1. The first-order chi connectivity index (χ1) is 20.7. The predicted octanol–water partition coefficient (Wildman–Crippen LogP) is 5.43. The van der Waals surface area contributed by atoms with Crippen molar-refractivity contribution in [1.29, 1.82) is 0 Å². The average Bonchev–Trinajstić information content (AvgIpc) is 3.03. The molecule has 1 atom stereocenters. The van der Waals surface area contributed by atoms with Crippen LogP contribution in [0.2, 0.25) is 0 Å². The lowest BCUT2D eigenvalue weighted by Crippen LogP contribution is -2.53. The summed E-state index contributed by atoms with van der Waals surface area (Å²) in [5, 5.41) is 2.69. The van der Waals surface area contributed by atoms with Gasteiger partial charge in [-0.25, -0.2) is 8.42 Å². The van der Waals surface area contributed by atoms with E-state index in [0.29, 0.717) is 18.0 Å². The van der Waals surface area contributed by atoms with E-state index in [4.69, 9.17) is 4.74 Å². The molecule has 2 amide bonds. The van der Waals surface area contributed by atoms with Gasteiger partial charge in [0.25, 0.3) is 10.0 Å². The van der Waals surface area contributed by atoms with Gasteiger partial charge in [-0.2, -0.15) is 0 Å². The minimum absolute atomic E-state index is 0.0447. The van der Waals surface area contributed by atoms with E-state index in [0.717, 1.165) is 19.9 Å². The zero-order valence-corrected chi connectivity index (χ0v) is 26.4. The molecule has 0 heterocycles. The number of amides is 2. The monoisotopic (exact) mass is 663 g/mol. The van der Waals surface area contributed by atoms with Gasteiger partial charge < -0.3 is 15.0 Å². The van der Waals surface area contributed by atoms with Crippen LogP contribution in [0.25, 0.3) is 0 Å². The van der Waals surface area contributed by atoms with Crippen LogP contribution in [0.1, 0.15) is 18.1 Å². The standard InChI is InChI=1S/C33H34BrN3O5S/c1-3-42-29-20-18-28(19-21-29)37(43(40,41)30-12-8-5-9-13-30)24-32(38)36(23-26-14-16-27(34)17-15-26)31(33(39)35-2)22-25-10-6-4-7-11-25/h4-21,31H,3,22-24H2,1-2H3,(H,35,39). The fourth-order valence-electron chi connectivity index (χ4n) is 4.63. The summed E-state index contributed by atoms with van der Waals surface area (Å²) in [5.41, 5.74) is 1.95. The van der Waals surface area contributed by atoms with E-state index >= 15 is 0 Å². The number of ether oxygens (including phenoxy) is 1. The molecule has 0 bridgehead atoms. The normalized spacial score (nSPS) is 11.8. The van der Waals surface area contributed by atoms with Gasteiger partial charge in [0.15, 0.2) is 0 Å². The Bertz CT molecular complexity index is 1600. The quantitative estimate of drug-likeness (QED) is 0.206. The number of anilines is 1. The number of hydrogen-bond acceptors (Lipinski definition) is 5. The van der Waals surface area contributed by atoms with Gasteiger partial charge in [-0.05, 0) is 66.6 Å². The van der Waals surface area contributed by atoms with E-state index in [-0.39, 0.29) is 23.8 Å². The van der Waals surface area contributed by atoms with E-state index in [1.165, 1.54) is 24.1 Å². The molecule has 1 N–H and O–H groups in total. The summed E-state index contributed by atoms with van der Waals surface area (Å²) in [7, 11) is -2.64. The first-order valence-corrected chi connectivity index (χ1v) is 16.1. The zero-order valence-electron chi connectivity index (χ0n) is 24.0. The molecule has 4 aromatic carbocycles. The third-order valence-electron chi connectivity index (χ3n) is 6.83. The Morgan fingerprint density at radius 3 is 2.02 bits per heavy atom. The third kappa shape index (κ3) is 8.24. The molecule has 0 radical (unpaired) electrons. The van der Waals surface area contributed by atoms with Gasteiger partial charge >= 0.3 is 0 Å². The van der Waals surface area contributed by atoms with E-state index in [1.807, 2.05) is 61.5 Å². The highest BCUT2D eigenvalue weighted by Gasteiger charge is 2.34. The maximum Gasteiger partial charge on any atom is 0.264 e. The summed E-state index contributed by atoms with van der Waals surface area (Å²) < 4.78 is 35.5. The zero-order chi connectivity index (χ0) is 30.8. The predicted molar refractivity (Wildman–Crippen MR) is 171 cm³/mol. The van der Waals surface area contributed by atoms with Crippen molar-refractivity contribution in [3.63, 3.8) is 0 Å². The molecule has 0 aliphatic heterocycles. The Kier molecular flexibility index (Phi) is 11.0. The molecule has 4 rings (SSSR count). The summed E-state index contributed by atoms with van der Waals surface area (Å²) in [6, 6.07) is 30.5. The number of carbonyl (C=O) groups excluding carboxylic acids is 2. The molecular weight excluding hydrogens is 630 g/mol. The summed E-state index contributed by atoms with van der Waals surface area (Å²) in [5.74, 6) is -0.303. The highest BCUT2D eigenvalue weighted by atomic mass is 79.9. The highest BCUT2D eigenvalue weighted by molar-refractivity contribution is 9.10. The fraction of sp³-hybridized carbons (Fsp3) is 0.212. The number of halogens is 1. The first kappa shape index (κ1) is 31.8. The lowest BCUT2D eigenvalue weighted by atomic mass is 10.0. The largest absolute Gasteiger partial charge is 0.494 e. The summed E-state index contributed by atoms with van der Waals surface area (Å²) >= 11 is 3.44. The Morgan fingerprint density at radius 1 is 0.837 bits per heavy atom. The molecule has 1 unspecified atom stereocenters. The maximum atomic E-state index is 14.3. The lowest BCUT2D eigenvalue weighted by Gasteiger charge is -2.33. The molecule has 0 aliphatic rings. The van der Waals surface area contributed by atoms with Crippen molar-refractivity contribution >= 4 is 43.5 Å². The first-order valence-electron chi connectivity index (χ1n) is 13.8. The van der Waals surface area contributed by atoms with Crippen LogP contribution < -0.4 is 14.4 Å². The number of rotatable bonds is 13. The summed E-state index contributed by atoms with van der Waals surface area (Å²) in [6.07, 6.45) is 0.247. The molecule has 0 spiro atoms. The molecule has 10 heteroatoms. The van der Waals surface area contributed by atoms with Crippen LogP contribution in [0.4, 0.5) is 5.69 Å². The third-order valence-corrected chi connectivity index (χ3v) is 9.15. The van der Waals surface area contributed by atoms with Gasteiger partial charge in [-0.3, -0.25) is 13.9 Å². The van der Waals surface area contributed by atoms with Gasteiger partial charge in [-0.1, -0.05) is 76.6 Å². The number of nitrogens with zero attached hydrogens (tertiary/aromatic N) is 2. The summed E-state index contributed by atoms with van der Waals surface area (Å²) in [6.45, 7) is 1.89. The van der Waals surface area contributed by atoms with E-state index in [1.54, 1.807) is 42.5 Å². The smallest absolute Gasteiger partial charge is 0.264 e. The van der Waals surface area contributed by atoms with Crippen LogP contribution in [0, 0.1) is 0 Å². The van der Waals surface area contributed by atoms with Crippen molar-refractivity contribution in [2.45, 2.75) is 30.8 Å². The van der Waals surface area contributed by atoms with Crippen LogP contribution in [0.5, 0.6) is 5.75 Å². The Morgan fingerprint density at radius 2 is 1.44 bits per heavy atom. The number of sulfonamides is 1. The highest BCUT2D eigenvalue weighted by Crippen LogP contribution is 2.27. The second kappa shape index (κ2) is 14.8. The van der Waals surface area contributed by atoms with Gasteiger partial charge in [0.1, 0.15) is 18.3 Å². The second-order valence-corrected chi connectivity index (χ2v) is 12.5. The number of carbonyl (C=O) groups is 2. The van der Waals surface area contributed by atoms with Gasteiger partial charge in [0, 0.05) is 24.5 Å². The topological polar surface area (TPSA) is 96.0 Å². The SMILES string of the molecule is CCOc1ccc(N(CC(=O)N(Cc2ccc(Br)cc2)C(Cc2ccccc2)C(=O)NC)S(=O)(=O)c2ccccc2)cc1. The number of hydrogen-bond donors (Lipinski definition) is 1. The molecule has 0 aromatic heterocycles. The molecule has 43 heavy (non-hydrogen) atoms. The fourth-order valence-corrected chi connectivity index (χ4v) is 6.33. The Labute approximate surface area is 261 Å². The van der Waals surface area contributed by atoms with Crippen molar-refractivity contribution in [1.82, 2.24) is 10.2 Å².